The van der Waals surface area contributed by atoms with Crippen molar-refractivity contribution in [1.82, 2.24) is 9.55 Å². The Kier molecular flexibility index (Phi) is 6.27. The highest BCUT2D eigenvalue weighted by molar-refractivity contribution is 5.62. The zero-order chi connectivity index (χ0) is 18.4. The molecule has 25 heavy (non-hydrogen) atoms. The highest BCUT2D eigenvalue weighted by Crippen LogP contribution is 2.21. The standard InChI is InChI=1S/C18H26N4O3/c1-4-6-10-22-16(19)15(17(23)20-18(22)24)21(5-2)12-13-8-7-9-14(11-13)25-3/h7-9,11H,4-6,10,12,19H2,1-3H3,(H,20,23,24). The Bertz CT molecular complexity index is 826. The highest BCUT2D eigenvalue weighted by Gasteiger charge is 2.18. The molecule has 0 amide bonds. The second-order valence-corrected chi connectivity index (χ2v) is 5.86. The number of benzene rings is 1. The molecule has 7 nitrogen and oxygen atoms in total. The molecule has 0 radical (unpaired) electrons. The van der Waals surface area contributed by atoms with Crippen molar-refractivity contribution in [1.29, 1.82) is 0 Å². The summed E-state index contributed by atoms with van der Waals surface area (Å²) in [5.74, 6) is 0.968. The van der Waals surface area contributed by atoms with E-state index in [4.69, 9.17) is 10.5 Å². The van der Waals surface area contributed by atoms with Crippen LogP contribution in [-0.2, 0) is 13.1 Å². The number of methoxy groups -OCH3 is 1. The lowest BCUT2D eigenvalue weighted by atomic mass is 10.2. The van der Waals surface area contributed by atoms with Crippen molar-refractivity contribution in [3.63, 3.8) is 0 Å². The summed E-state index contributed by atoms with van der Waals surface area (Å²) in [5, 5.41) is 0. The van der Waals surface area contributed by atoms with Crippen molar-refractivity contribution in [2.75, 3.05) is 24.3 Å². The lowest BCUT2D eigenvalue weighted by Gasteiger charge is -2.25. The Hall–Kier alpha value is -2.70. The quantitative estimate of drug-likeness (QED) is 0.762. The van der Waals surface area contributed by atoms with Gasteiger partial charge in [-0.15, -0.1) is 0 Å². The Morgan fingerprint density at radius 3 is 2.68 bits per heavy atom. The van der Waals surface area contributed by atoms with Gasteiger partial charge in [-0.3, -0.25) is 14.3 Å². The first kappa shape index (κ1) is 18.6. The van der Waals surface area contributed by atoms with Crippen LogP contribution in [0.5, 0.6) is 5.75 Å². The Morgan fingerprint density at radius 1 is 1.28 bits per heavy atom. The smallest absolute Gasteiger partial charge is 0.330 e. The van der Waals surface area contributed by atoms with Crippen LogP contribution in [0.4, 0.5) is 11.5 Å². The summed E-state index contributed by atoms with van der Waals surface area (Å²) in [6.45, 7) is 5.54. The van der Waals surface area contributed by atoms with Crippen molar-refractivity contribution in [2.24, 2.45) is 0 Å². The van der Waals surface area contributed by atoms with E-state index in [2.05, 4.69) is 4.98 Å². The van der Waals surface area contributed by atoms with E-state index in [1.54, 1.807) is 7.11 Å². The monoisotopic (exact) mass is 346 g/mol. The van der Waals surface area contributed by atoms with Crippen LogP contribution in [0.3, 0.4) is 0 Å². The first-order valence-corrected chi connectivity index (χ1v) is 8.52. The molecule has 0 spiro atoms. The van der Waals surface area contributed by atoms with Crippen LogP contribution in [0.15, 0.2) is 33.9 Å². The highest BCUT2D eigenvalue weighted by atomic mass is 16.5. The molecule has 0 saturated carbocycles. The summed E-state index contributed by atoms with van der Waals surface area (Å²) < 4.78 is 6.68. The Balaban J connectivity index is 2.42. The van der Waals surface area contributed by atoms with Gasteiger partial charge in [-0.2, -0.15) is 0 Å². The molecule has 136 valence electrons. The molecule has 1 heterocycles. The van der Waals surface area contributed by atoms with Gasteiger partial charge in [-0.05, 0) is 31.0 Å². The van der Waals surface area contributed by atoms with Crippen molar-refractivity contribution in [3.8, 4) is 5.75 Å². The first-order chi connectivity index (χ1) is 12.0. The minimum Gasteiger partial charge on any atom is -0.497 e. The number of aromatic amines is 1. The Labute approximate surface area is 147 Å². The average molecular weight is 346 g/mol. The number of ether oxygens (including phenoxy) is 1. The van der Waals surface area contributed by atoms with Gasteiger partial charge in [0.25, 0.3) is 5.56 Å². The second kappa shape index (κ2) is 8.41. The number of nitrogen functional groups attached to an aromatic ring is 1. The topological polar surface area (TPSA) is 93.3 Å². The maximum absolute atomic E-state index is 12.4. The molecule has 0 fully saturated rings. The first-order valence-electron chi connectivity index (χ1n) is 8.52. The van der Waals surface area contributed by atoms with Crippen LogP contribution >= 0.6 is 0 Å². The fourth-order valence-corrected chi connectivity index (χ4v) is 2.76. The molecule has 0 unspecified atom stereocenters. The molecular weight excluding hydrogens is 320 g/mol. The van der Waals surface area contributed by atoms with E-state index >= 15 is 0 Å². The third-order valence-electron chi connectivity index (χ3n) is 4.15. The summed E-state index contributed by atoms with van der Waals surface area (Å²) in [6.07, 6.45) is 1.75. The van der Waals surface area contributed by atoms with Gasteiger partial charge < -0.3 is 15.4 Å². The number of hydrogen-bond acceptors (Lipinski definition) is 5. The van der Waals surface area contributed by atoms with Crippen LogP contribution in [0.2, 0.25) is 0 Å². The molecular formula is C18H26N4O3. The minimum absolute atomic E-state index is 0.215. The predicted octanol–water partition coefficient (Wildman–Crippen LogP) is 1.95. The molecule has 2 rings (SSSR count). The van der Waals surface area contributed by atoms with Gasteiger partial charge in [0.05, 0.1) is 7.11 Å². The number of hydrogen-bond donors (Lipinski definition) is 2. The summed E-state index contributed by atoms with van der Waals surface area (Å²) in [4.78, 5) is 28.7. The molecule has 0 aliphatic rings. The van der Waals surface area contributed by atoms with Crippen LogP contribution < -0.4 is 26.6 Å². The number of rotatable bonds is 8. The summed E-state index contributed by atoms with van der Waals surface area (Å²) in [7, 11) is 1.61. The van der Waals surface area contributed by atoms with Gasteiger partial charge in [0.1, 0.15) is 17.3 Å². The summed E-state index contributed by atoms with van der Waals surface area (Å²) in [5.41, 5.74) is 6.60. The van der Waals surface area contributed by atoms with Crippen molar-refractivity contribution < 1.29 is 4.74 Å². The fraction of sp³-hybridized carbons (Fsp3) is 0.444. The largest absolute Gasteiger partial charge is 0.497 e. The molecule has 0 atom stereocenters. The van der Waals surface area contributed by atoms with Gasteiger partial charge in [-0.25, -0.2) is 4.79 Å². The third-order valence-corrected chi connectivity index (χ3v) is 4.15. The van der Waals surface area contributed by atoms with Crippen molar-refractivity contribution in [3.05, 3.63) is 50.7 Å². The minimum atomic E-state index is -0.461. The number of nitrogens with zero attached hydrogens (tertiary/aromatic N) is 2. The number of nitrogens with one attached hydrogen (secondary N) is 1. The number of H-pyrrole nitrogens is 1. The van der Waals surface area contributed by atoms with Crippen LogP contribution in [-0.4, -0.2) is 23.2 Å². The van der Waals surface area contributed by atoms with E-state index in [-0.39, 0.29) is 5.82 Å². The van der Waals surface area contributed by atoms with E-state index < -0.39 is 11.2 Å². The fourth-order valence-electron chi connectivity index (χ4n) is 2.76. The normalized spacial score (nSPS) is 10.7. The SMILES string of the molecule is CCCCn1c(N)c(N(CC)Cc2cccc(OC)c2)c(=O)[nH]c1=O. The summed E-state index contributed by atoms with van der Waals surface area (Å²) in [6, 6.07) is 7.65. The van der Waals surface area contributed by atoms with E-state index in [0.29, 0.717) is 25.3 Å². The molecule has 1 aromatic heterocycles. The molecule has 0 aliphatic carbocycles. The van der Waals surface area contributed by atoms with Gasteiger partial charge >= 0.3 is 5.69 Å². The molecule has 0 saturated heterocycles. The van der Waals surface area contributed by atoms with Crippen LogP contribution in [0, 0.1) is 0 Å². The van der Waals surface area contributed by atoms with E-state index in [1.807, 2.05) is 43.0 Å². The molecule has 0 aliphatic heterocycles. The number of unbranched alkanes of at least 4 members (excludes halogenated alkanes) is 1. The maximum Gasteiger partial charge on any atom is 0.330 e. The number of aromatic nitrogens is 2. The average Bonchev–Trinajstić information content (AvgIpc) is 2.60. The molecule has 2 aromatic rings. The van der Waals surface area contributed by atoms with Crippen molar-refractivity contribution >= 4 is 11.5 Å². The molecule has 1 aromatic carbocycles. The lowest BCUT2D eigenvalue weighted by molar-refractivity contribution is 0.414. The number of anilines is 2. The van der Waals surface area contributed by atoms with Crippen molar-refractivity contribution in [2.45, 2.75) is 39.8 Å². The maximum atomic E-state index is 12.4. The molecule has 7 heteroatoms. The predicted molar refractivity (Wildman–Crippen MR) is 100 cm³/mol. The second-order valence-electron chi connectivity index (χ2n) is 5.86. The zero-order valence-electron chi connectivity index (χ0n) is 15.0. The van der Waals surface area contributed by atoms with Crippen LogP contribution in [0.1, 0.15) is 32.3 Å². The van der Waals surface area contributed by atoms with Gasteiger partial charge in [0, 0.05) is 19.6 Å². The van der Waals surface area contributed by atoms with Gasteiger partial charge in [0.2, 0.25) is 0 Å². The molecule has 0 bridgehead atoms. The lowest BCUT2D eigenvalue weighted by Crippen LogP contribution is -2.38. The van der Waals surface area contributed by atoms with Gasteiger partial charge in [-0.1, -0.05) is 25.5 Å². The van der Waals surface area contributed by atoms with E-state index in [1.165, 1.54) is 4.57 Å². The van der Waals surface area contributed by atoms with Gasteiger partial charge in [0.15, 0.2) is 0 Å². The summed E-state index contributed by atoms with van der Waals surface area (Å²) >= 11 is 0. The number of nitrogens with two attached hydrogens (primary N) is 1. The molecule has 3 N–H and O–H groups in total. The Morgan fingerprint density at radius 2 is 2.04 bits per heavy atom. The zero-order valence-corrected chi connectivity index (χ0v) is 15.0. The van der Waals surface area contributed by atoms with E-state index in [9.17, 15) is 9.59 Å². The van der Waals surface area contributed by atoms with Crippen LogP contribution in [0.25, 0.3) is 0 Å². The van der Waals surface area contributed by atoms with E-state index in [0.717, 1.165) is 24.2 Å². The third kappa shape index (κ3) is 4.23.